The van der Waals surface area contributed by atoms with Crippen LogP contribution in [0, 0.1) is 0 Å². The van der Waals surface area contributed by atoms with Gasteiger partial charge in [0.15, 0.2) is 0 Å². The molecule has 5 nitrogen and oxygen atoms in total. The molecule has 2 heterocycles. The van der Waals surface area contributed by atoms with Crippen LogP contribution in [0.4, 0.5) is 0 Å². The van der Waals surface area contributed by atoms with Crippen molar-refractivity contribution in [3.8, 4) is 11.8 Å². The molecule has 0 aliphatic carbocycles. The molecule has 1 unspecified atom stereocenters. The summed E-state index contributed by atoms with van der Waals surface area (Å²) in [6.07, 6.45) is 1.61. The highest BCUT2D eigenvalue weighted by molar-refractivity contribution is 7.08. The third-order valence-corrected chi connectivity index (χ3v) is 3.41. The van der Waals surface area contributed by atoms with E-state index in [1.54, 1.807) is 31.8 Å². The van der Waals surface area contributed by atoms with Gasteiger partial charge in [-0.2, -0.15) is 16.3 Å². The second-order valence-electron chi connectivity index (χ2n) is 3.85. The molecular formula is C13H17N3O2S. The number of aromatic nitrogens is 2. The molecule has 0 saturated heterocycles. The van der Waals surface area contributed by atoms with Gasteiger partial charge in [0.25, 0.3) is 0 Å². The highest BCUT2D eigenvalue weighted by Gasteiger charge is 2.21. The van der Waals surface area contributed by atoms with Crippen molar-refractivity contribution in [1.82, 2.24) is 15.3 Å². The van der Waals surface area contributed by atoms with E-state index >= 15 is 0 Å². The lowest BCUT2D eigenvalue weighted by molar-refractivity contribution is 0.352. The van der Waals surface area contributed by atoms with Crippen molar-refractivity contribution in [2.75, 3.05) is 20.8 Å². The van der Waals surface area contributed by atoms with E-state index < -0.39 is 0 Å². The average molecular weight is 279 g/mol. The summed E-state index contributed by atoms with van der Waals surface area (Å²) in [4.78, 5) is 8.70. The molecule has 0 aliphatic heterocycles. The van der Waals surface area contributed by atoms with Gasteiger partial charge in [-0.1, -0.05) is 6.92 Å². The second kappa shape index (κ2) is 6.49. The van der Waals surface area contributed by atoms with Crippen LogP contribution in [0.15, 0.2) is 23.0 Å². The third kappa shape index (κ3) is 3.02. The SMILES string of the molecule is CCNC(c1ccsc1)c1ncc(OC)nc1OC. The molecule has 2 aromatic heterocycles. The number of hydrogen-bond acceptors (Lipinski definition) is 6. The lowest BCUT2D eigenvalue weighted by Crippen LogP contribution is -2.23. The molecule has 102 valence electrons. The van der Waals surface area contributed by atoms with E-state index in [1.807, 2.05) is 5.38 Å². The molecule has 19 heavy (non-hydrogen) atoms. The van der Waals surface area contributed by atoms with Gasteiger partial charge >= 0.3 is 0 Å². The van der Waals surface area contributed by atoms with Gasteiger partial charge in [0.05, 0.1) is 26.5 Å². The van der Waals surface area contributed by atoms with Crippen molar-refractivity contribution in [3.63, 3.8) is 0 Å². The predicted octanol–water partition coefficient (Wildman–Crippen LogP) is 2.25. The zero-order valence-corrected chi connectivity index (χ0v) is 12.0. The molecule has 6 heteroatoms. The average Bonchev–Trinajstić information content (AvgIpc) is 2.98. The first-order chi connectivity index (χ1) is 9.30. The minimum Gasteiger partial charge on any atom is -0.480 e. The lowest BCUT2D eigenvalue weighted by Gasteiger charge is -2.18. The predicted molar refractivity (Wildman–Crippen MR) is 75.0 cm³/mol. The summed E-state index contributed by atoms with van der Waals surface area (Å²) in [7, 11) is 3.15. The molecule has 0 saturated carbocycles. The van der Waals surface area contributed by atoms with Crippen LogP contribution in [0.5, 0.6) is 11.8 Å². The number of ether oxygens (including phenoxy) is 2. The Hall–Kier alpha value is -1.66. The van der Waals surface area contributed by atoms with Crippen molar-refractivity contribution in [2.45, 2.75) is 13.0 Å². The summed E-state index contributed by atoms with van der Waals surface area (Å²) in [5.41, 5.74) is 1.92. The minimum atomic E-state index is -0.0235. The van der Waals surface area contributed by atoms with Gasteiger partial charge in [0.1, 0.15) is 5.69 Å². The fourth-order valence-corrected chi connectivity index (χ4v) is 2.51. The summed E-state index contributed by atoms with van der Waals surface area (Å²) in [6, 6.07) is 2.05. The van der Waals surface area contributed by atoms with Gasteiger partial charge in [-0.3, -0.25) is 0 Å². The Labute approximate surface area is 116 Å². The van der Waals surface area contributed by atoms with Crippen molar-refractivity contribution in [1.29, 1.82) is 0 Å². The number of methoxy groups -OCH3 is 2. The largest absolute Gasteiger partial charge is 0.480 e. The molecule has 2 rings (SSSR count). The molecule has 0 aromatic carbocycles. The Kier molecular flexibility index (Phi) is 4.70. The Bertz CT molecular complexity index is 517. The zero-order valence-electron chi connectivity index (χ0n) is 11.2. The van der Waals surface area contributed by atoms with E-state index in [-0.39, 0.29) is 6.04 Å². The fourth-order valence-electron chi connectivity index (χ4n) is 1.83. The van der Waals surface area contributed by atoms with Crippen LogP contribution in [0.2, 0.25) is 0 Å². The first-order valence-corrected chi connectivity index (χ1v) is 6.94. The van der Waals surface area contributed by atoms with E-state index in [0.717, 1.165) is 17.8 Å². The molecule has 0 fully saturated rings. The molecule has 0 bridgehead atoms. The van der Waals surface area contributed by atoms with Crippen molar-refractivity contribution >= 4 is 11.3 Å². The minimum absolute atomic E-state index is 0.0235. The standard InChI is InChI=1S/C13H17N3O2S/c1-4-14-11(9-5-6-19-8-9)12-13(18-3)16-10(17-2)7-15-12/h5-8,11,14H,4H2,1-3H3. The summed E-state index contributed by atoms with van der Waals surface area (Å²) in [5, 5.41) is 7.54. The van der Waals surface area contributed by atoms with Gasteiger partial charge in [-0.05, 0) is 28.9 Å². The van der Waals surface area contributed by atoms with E-state index in [9.17, 15) is 0 Å². The van der Waals surface area contributed by atoms with Gasteiger partial charge < -0.3 is 14.8 Å². The first kappa shape index (κ1) is 13.8. The molecule has 0 radical (unpaired) electrons. The van der Waals surface area contributed by atoms with Gasteiger partial charge in [0, 0.05) is 0 Å². The van der Waals surface area contributed by atoms with Crippen LogP contribution in [-0.2, 0) is 0 Å². The zero-order chi connectivity index (χ0) is 13.7. The van der Waals surface area contributed by atoms with Crippen molar-refractivity contribution in [3.05, 3.63) is 34.3 Å². The Balaban J connectivity index is 2.41. The second-order valence-corrected chi connectivity index (χ2v) is 4.63. The molecule has 1 N–H and O–H groups in total. The maximum atomic E-state index is 5.32. The van der Waals surface area contributed by atoms with Crippen LogP contribution in [-0.4, -0.2) is 30.7 Å². The molecule has 0 amide bonds. The van der Waals surface area contributed by atoms with Crippen LogP contribution >= 0.6 is 11.3 Å². The van der Waals surface area contributed by atoms with Crippen LogP contribution in [0.1, 0.15) is 24.2 Å². The molecule has 0 aliphatic rings. The first-order valence-electron chi connectivity index (χ1n) is 6.00. The highest BCUT2D eigenvalue weighted by atomic mass is 32.1. The van der Waals surface area contributed by atoms with E-state index in [2.05, 4.69) is 33.7 Å². The maximum absolute atomic E-state index is 5.32. The number of hydrogen-bond donors (Lipinski definition) is 1. The monoisotopic (exact) mass is 279 g/mol. The van der Waals surface area contributed by atoms with Gasteiger partial charge in [0.2, 0.25) is 11.8 Å². The van der Waals surface area contributed by atoms with Crippen LogP contribution in [0.25, 0.3) is 0 Å². The molecular weight excluding hydrogens is 262 g/mol. The van der Waals surface area contributed by atoms with E-state index in [0.29, 0.717) is 11.8 Å². The Morgan fingerprint density at radius 1 is 1.37 bits per heavy atom. The number of nitrogens with zero attached hydrogens (tertiary/aromatic N) is 2. The number of nitrogens with one attached hydrogen (secondary N) is 1. The van der Waals surface area contributed by atoms with Gasteiger partial charge in [-0.15, -0.1) is 0 Å². The van der Waals surface area contributed by atoms with E-state index in [4.69, 9.17) is 9.47 Å². The van der Waals surface area contributed by atoms with Crippen LogP contribution in [0.3, 0.4) is 0 Å². The summed E-state index contributed by atoms with van der Waals surface area (Å²) < 4.78 is 10.4. The quantitative estimate of drug-likeness (QED) is 0.879. The Morgan fingerprint density at radius 3 is 2.79 bits per heavy atom. The Morgan fingerprint density at radius 2 is 2.21 bits per heavy atom. The van der Waals surface area contributed by atoms with Gasteiger partial charge in [-0.25, -0.2) is 4.98 Å². The summed E-state index contributed by atoms with van der Waals surface area (Å²) in [5.74, 6) is 0.928. The fraction of sp³-hybridized carbons (Fsp3) is 0.385. The van der Waals surface area contributed by atoms with Crippen LogP contribution < -0.4 is 14.8 Å². The van der Waals surface area contributed by atoms with Crippen molar-refractivity contribution < 1.29 is 9.47 Å². The normalized spacial score (nSPS) is 12.2. The van der Waals surface area contributed by atoms with Crippen molar-refractivity contribution in [2.24, 2.45) is 0 Å². The molecule has 0 spiro atoms. The third-order valence-electron chi connectivity index (χ3n) is 2.71. The maximum Gasteiger partial charge on any atom is 0.240 e. The number of rotatable bonds is 6. The lowest BCUT2D eigenvalue weighted by atomic mass is 10.1. The smallest absolute Gasteiger partial charge is 0.240 e. The van der Waals surface area contributed by atoms with E-state index in [1.165, 1.54) is 0 Å². The topological polar surface area (TPSA) is 56.3 Å². The summed E-state index contributed by atoms with van der Waals surface area (Å²) in [6.45, 7) is 2.89. The number of thiophene rings is 1. The molecule has 1 atom stereocenters. The molecule has 2 aromatic rings. The summed E-state index contributed by atoms with van der Waals surface area (Å²) >= 11 is 1.66. The highest BCUT2D eigenvalue weighted by Crippen LogP contribution is 2.29.